The fraction of sp³-hybridized carbons (Fsp3) is 0.261. The van der Waals surface area contributed by atoms with Crippen molar-refractivity contribution in [3.05, 3.63) is 71.0 Å². The van der Waals surface area contributed by atoms with Crippen LogP contribution in [0.4, 0.5) is 11.6 Å². The summed E-state index contributed by atoms with van der Waals surface area (Å²) >= 11 is 0. The van der Waals surface area contributed by atoms with Crippen molar-refractivity contribution < 1.29 is 14.3 Å². The van der Waals surface area contributed by atoms with Crippen LogP contribution in [-0.4, -0.2) is 30.0 Å². The molecule has 0 aliphatic heterocycles. The summed E-state index contributed by atoms with van der Waals surface area (Å²) in [6.07, 6.45) is 2.68. The van der Waals surface area contributed by atoms with E-state index in [1.54, 1.807) is 20.4 Å². The Morgan fingerprint density at radius 3 is 2.55 bits per heavy atom. The van der Waals surface area contributed by atoms with Crippen molar-refractivity contribution in [3.63, 3.8) is 0 Å². The minimum absolute atomic E-state index is 0.00187. The van der Waals surface area contributed by atoms with Crippen molar-refractivity contribution in [2.24, 2.45) is 0 Å². The zero-order chi connectivity index (χ0) is 20.4. The number of ether oxygens (including phenoxy) is 2. The molecule has 0 bridgehead atoms. The van der Waals surface area contributed by atoms with Crippen LogP contribution in [0.3, 0.4) is 0 Å². The van der Waals surface area contributed by atoms with Gasteiger partial charge in [-0.25, -0.2) is 9.97 Å². The summed E-state index contributed by atoms with van der Waals surface area (Å²) in [6.45, 7) is 2.04. The summed E-state index contributed by atoms with van der Waals surface area (Å²) in [4.78, 5) is 21.7. The molecule has 0 unspecified atom stereocenters. The number of anilines is 2. The van der Waals surface area contributed by atoms with Gasteiger partial charge in [0.1, 0.15) is 11.5 Å². The number of benzene rings is 2. The molecule has 29 heavy (non-hydrogen) atoms. The van der Waals surface area contributed by atoms with Crippen molar-refractivity contribution in [1.82, 2.24) is 9.97 Å². The molecule has 0 radical (unpaired) electrons. The highest BCUT2D eigenvalue weighted by Crippen LogP contribution is 2.38. The van der Waals surface area contributed by atoms with Gasteiger partial charge < -0.3 is 14.8 Å². The maximum Gasteiger partial charge on any atom is 0.227 e. The predicted molar refractivity (Wildman–Crippen MR) is 111 cm³/mol. The first kappa shape index (κ1) is 18.9. The molecular weight excluding hydrogens is 366 g/mol. The number of methoxy groups -OCH3 is 2. The molecule has 1 aromatic heterocycles. The van der Waals surface area contributed by atoms with E-state index >= 15 is 0 Å². The highest BCUT2D eigenvalue weighted by atomic mass is 16.5. The number of aryl methyl sites for hydroxylation is 1. The summed E-state index contributed by atoms with van der Waals surface area (Å²) in [5.74, 6) is 1.98. The third kappa shape index (κ3) is 3.92. The monoisotopic (exact) mass is 389 g/mol. The van der Waals surface area contributed by atoms with Crippen LogP contribution in [0.25, 0.3) is 0 Å². The Kier molecular flexibility index (Phi) is 5.16. The fourth-order valence-electron chi connectivity index (χ4n) is 3.65. The van der Waals surface area contributed by atoms with Gasteiger partial charge in [-0.05, 0) is 37.1 Å². The molecule has 2 aromatic carbocycles. The molecule has 1 aliphatic rings. The Morgan fingerprint density at radius 1 is 1.03 bits per heavy atom. The molecule has 1 heterocycles. The van der Waals surface area contributed by atoms with Crippen molar-refractivity contribution in [3.8, 4) is 11.5 Å². The maximum atomic E-state index is 12.7. The molecule has 6 heteroatoms. The van der Waals surface area contributed by atoms with E-state index in [2.05, 4.69) is 15.3 Å². The zero-order valence-electron chi connectivity index (χ0n) is 16.7. The van der Waals surface area contributed by atoms with E-state index in [1.165, 1.54) is 5.56 Å². The van der Waals surface area contributed by atoms with Crippen LogP contribution in [0.2, 0.25) is 0 Å². The largest absolute Gasteiger partial charge is 0.497 e. The molecule has 3 aromatic rings. The fourth-order valence-corrected chi connectivity index (χ4v) is 3.65. The number of nitrogens with zero attached hydrogens (tertiary/aromatic N) is 2. The van der Waals surface area contributed by atoms with Gasteiger partial charge >= 0.3 is 0 Å². The number of aromatic nitrogens is 2. The Labute approximate surface area is 169 Å². The lowest BCUT2D eigenvalue weighted by molar-refractivity contribution is 0.0962. The molecule has 0 saturated heterocycles. The molecule has 1 atom stereocenters. The SMILES string of the molecule is COc1ccc([C@@H]2CC(=O)c3cnc(Nc4ccc(C)cc4)nc3C2)c(OC)c1. The number of fused-ring (bicyclic) bond motifs is 1. The van der Waals surface area contributed by atoms with E-state index in [0.29, 0.717) is 24.4 Å². The second-order valence-electron chi connectivity index (χ2n) is 7.18. The minimum atomic E-state index is -0.00187. The quantitative estimate of drug-likeness (QED) is 0.695. The van der Waals surface area contributed by atoms with E-state index in [-0.39, 0.29) is 11.7 Å². The van der Waals surface area contributed by atoms with Crippen LogP contribution in [0.15, 0.2) is 48.7 Å². The van der Waals surface area contributed by atoms with Crippen molar-refractivity contribution >= 4 is 17.4 Å². The molecule has 0 amide bonds. The molecule has 0 fully saturated rings. The number of hydrogen-bond donors (Lipinski definition) is 1. The minimum Gasteiger partial charge on any atom is -0.497 e. The number of nitrogens with one attached hydrogen (secondary N) is 1. The average molecular weight is 389 g/mol. The van der Waals surface area contributed by atoms with Gasteiger partial charge in [0, 0.05) is 30.3 Å². The van der Waals surface area contributed by atoms with Crippen LogP contribution in [0.5, 0.6) is 11.5 Å². The molecule has 4 rings (SSSR count). The Balaban J connectivity index is 1.62. The van der Waals surface area contributed by atoms with Crippen molar-refractivity contribution in [2.75, 3.05) is 19.5 Å². The van der Waals surface area contributed by atoms with E-state index in [9.17, 15) is 4.79 Å². The van der Waals surface area contributed by atoms with Gasteiger partial charge in [0.2, 0.25) is 5.95 Å². The van der Waals surface area contributed by atoms with Crippen molar-refractivity contribution in [2.45, 2.75) is 25.7 Å². The van der Waals surface area contributed by atoms with E-state index in [0.717, 1.165) is 28.4 Å². The Bertz CT molecular complexity index is 1050. The van der Waals surface area contributed by atoms with Gasteiger partial charge in [-0.2, -0.15) is 0 Å². The molecule has 148 valence electrons. The molecule has 1 N–H and O–H groups in total. The van der Waals surface area contributed by atoms with Crippen LogP contribution in [-0.2, 0) is 6.42 Å². The van der Waals surface area contributed by atoms with E-state index in [4.69, 9.17) is 9.47 Å². The molecule has 0 saturated carbocycles. The summed E-state index contributed by atoms with van der Waals surface area (Å²) in [5.41, 5.74) is 4.44. The average Bonchev–Trinajstić information content (AvgIpc) is 2.74. The number of hydrogen-bond acceptors (Lipinski definition) is 6. The maximum absolute atomic E-state index is 12.7. The standard InChI is InChI=1S/C23H23N3O3/c1-14-4-6-16(7-5-14)25-23-24-13-19-20(26-23)10-15(11-21(19)27)18-9-8-17(28-2)12-22(18)29-3/h4-9,12-13,15H,10-11H2,1-3H3,(H,24,25,26)/t15-/m0/s1. The number of Topliss-reactive ketones (excluding diaryl/α,β-unsaturated/α-hetero) is 1. The van der Waals surface area contributed by atoms with Gasteiger partial charge in [-0.15, -0.1) is 0 Å². The second-order valence-corrected chi connectivity index (χ2v) is 7.18. The molecule has 0 spiro atoms. The number of carbonyl (C=O) groups excluding carboxylic acids is 1. The van der Waals surface area contributed by atoms with Gasteiger partial charge in [0.05, 0.1) is 25.5 Å². The lowest BCUT2D eigenvalue weighted by Gasteiger charge is -2.25. The van der Waals surface area contributed by atoms with Gasteiger partial charge in [0.25, 0.3) is 0 Å². The van der Waals surface area contributed by atoms with Crippen LogP contribution < -0.4 is 14.8 Å². The lowest BCUT2D eigenvalue weighted by Crippen LogP contribution is -2.21. The molecule has 6 nitrogen and oxygen atoms in total. The molecular formula is C23H23N3O3. The number of rotatable bonds is 5. The van der Waals surface area contributed by atoms with Gasteiger partial charge in [-0.1, -0.05) is 23.8 Å². The predicted octanol–water partition coefficient (Wildman–Crippen LogP) is 4.46. The van der Waals surface area contributed by atoms with Crippen LogP contribution in [0, 0.1) is 6.92 Å². The summed E-state index contributed by atoms with van der Waals surface area (Å²) in [6, 6.07) is 13.7. The smallest absolute Gasteiger partial charge is 0.227 e. The summed E-state index contributed by atoms with van der Waals surface area (Å²) < 4.78 is 10.8. The first-order chi connectivity index (χ1) is 14.1. The van der Waals surface area contributed by atoms with Gasteiger partial charge in [0.15, 0.2) is 5.78 Å². The topological polar surface area (TPSA) is 73.3 Å². The normalized spacial score (nSPS) is 15.6. The third-order valence-corrected chi connectivity index (χ3v) is 5.23. The van der Waals surface area contributed by atoms with Crippen LogP contribution >= 0.6 is 0 Å². The van der Waals surface area contributed by atoms with Crippen LogP contribution in [0.1, 0.15) is 39.5 Å². The molecule has 1 aliphatic carbocycles. The van der Waals surface area contributed by atoms with Crippen molar-refractivity contribution in [1.29, 1.82) is 0 Å². The Hall–Kier alpha value is -3.41. The highest BCUT2D eigenvalue weighted by Gasteiger charge is 2.30. The Morgan fingerprint density at radius 2 is 1.83 bits per heavy atom. The number of ketones is 1. The number of carbonyl (C=O) groups is 1. The summed E-state index contributed by atoms with van der Waals surface area (Å²) in [5, 5.41) is 3.21. The zero-order valence-corrected chi connectivity index (χ0v) is 16.7. The lowest BCUT2D eigenvalue weighted by atomic mass is 9.82. The first-order valence-corrected chi connectivity index (χ1v) is 9.52. The van der Waals surface area contributed by atoms with Gasteiger partial charge in [-0.3, -0.25) is 4.79 Å². The first-order valence-electron chi connectivity index (χ1n) is 9.52. The highest BCUT2D eigenvalue weighted by molar-refractivity contribution is 5.98. The third-order valence-electron chi connectivity index (χ3n) is 5.23. The summed E-state index contributed by atoms with van der Waals surface area (Å²) in [7, 11) is 3.25. The second kappa shape index (κ2) is 7.91. The van der Waals surface area contributed by atoms with E-state index < -0.39 is 0 Å². The van der Waals surface area contributed by atoms with E-state index in [1.807, 2.05) is 49.4 Å².